The van der Waals surface area contributed by atoms with Gasteiger partial charge in [-0.1, -0.05) is 0 Å². The molecule has 1 aromatic heterocycles. The first-order chi connectivity index (χ1) is 11.9. The molecule has 3 aliphatic heterocycles. The molecule has 7 nitrogen and oxygen atoms in total. The van der Waals surface area contributed by atoms with E-state index in [1.807, 2.05) is 32.4 Å². The molecule has 0 bridgehead atoms. The molecule has 1 atom stereocenters. The van der Waals surface area contributed by atoms with Crippen molar-refractivity contribution in [3.05, 3.63) is 5.69 Å². The topological polar surface area (TPSA) is 64.0 Å². The molecule has 0 aliphatic carbocycles. The van der Waals surface area contributed by atoms with Gasteiger partial charge in [0.1, 0.15) is 6.61 Å². The molecular formula is C17H27BN2O5. The fraction of sp³-hybridized carbons (Fsp3) is 0.824. The van der Waals surface area contributed by atoms with Crippen molar-refractivity contribution in [2.75, 3.05) is 13.2 Å². The molecule has 2 saturated heterocycles. The minimum Gasteiger partial charge on any atom is -0.476 e. The van der Waals surface area contributed by atoms with Gasteiger partial charge in [0.05, 0.1) is 35.5 Å². The maximum Gasteiger partial charge on any atom is 0.502 e. The van der Waals surface area contributed by atoms with Crippen molar-refractivity contribution < 1.29 is 23.5 Å². The molecule has 0 aromatic carbocycles. The van der Waals surface area contributed by atoms with Crippen LogP contribution in [0.3, 0.4) is 0 Å². The number of rotatable bonds is 4. The Balaban J connectivity index is 1.56. The van der Waals surface area contributed by atoms with E-state index in [0.29, 0.717) is 13.2 Å². The zero-order valence-electron chi connectivity index (χ0n) is 15.5. The van der Waals surface area contributed by atoms with Gasteiger partial charge in [0.25, 0.3) is 0 Å². The number of aromatic nitrogens is 2. The molecular weight excluding hydrogens is 323 g/mol. The Hall–Kier alpha value is -1.09. The van der Waals surface area contributed by atoms with Crippen molar-refractivity contribution in [3.8, 4) is 5.88 Å². The Labute approximate surface area is 149 Å². The Morgan fingerprint density at radius 2 is 1.92 bits per heavy atom. The standard InChI is InChI=1S/C17H27BN2O5/c1-16(2)17(3,4)25-18(24-16)14-12(19-20-8-10-22-15(14)20)11-23-13-7-5-6-9-21-13/h13H,5-11H2,1-4H3. The molecule has 138 valence electrons. The first kappa shape index (κ1) is 17.3. The fourth-order valence-corrected chi connectivity index (χ4v) is 3.36. The van der Waals surface area contributed by atoms with Crippen LogP contribution in [0.5, 0.6) is 5.88 Å². The Bertz CT molecular complexity index is 623. The summed E-state index contributed by atoms with van der Waals surface area (Å²) in [5.41, 5.74) is 0.847. The number of hydrogen-bond donors (Lipinski definition) is 0. The highest BCUT2D eigenvalue weighted by Crippen LogP contribution is 2.38. The second-order valence-electron chi connectivity index (χ2n) is 7.93. The molecule has 0 N–H and O–H groups in total. The first-order valence-corrected chi connectivity index (χ1v) is 9.19. The minimum absolute atomic E-state index is 0.155. The second-order valence-corrected chi connectivity index (χ2v) is 7.93. The Morgan fingerprint density at radius 3 is 2.60 bits per heavy atom. The molecule has 0 amide bonds. The summed E-state index contributed by atoms with van der Waals surface area (Å²) in [5.74, 6) is 0.738. The maximum absolute atomic E-state index is 6.22. The molecule has 25 heavy (non-hydrogen) atoms. The van der Waals surface area contributed by atoms with Gasteiger partial charge in [-0.25, -0.2) is 4.68 Å². The predicted molar refractivity (Wildman–Crippen MR) is 91.8 cm³/mol. The van der Waals surface area contributed by atoms with Gasteiger partial charge in [0, 0.05) is 6.61 Å². The van der Waals surface area contributed by atoms with Crippen LogP contribution in [0.15, 0.2) is 0 Å². The van der Waals surface area contributed by atoms with Crippen LogP contribution in [-0.4, -0.2) is 47.6 Å². The third-order valence-electron chi connectivity index (χ3n) is 5.59. The van der Waals surface area contributed by atoms with Crippen LogP contribution in [0.2, 0.25) is 0 Å². The molecule has 0 saturated carbocycles. The lowest BCUT2D eigenvalue weighted by atomic mass is 9.78. The zero-order valence-corrected chi connectivity index (χ0v) is 15.5. The van der Waals surface area contributed by atoms with Gasteiger partial charge in [-0.3, -0.25) is 0 Å². The van der Waals surface area contributed by atoms with E-state index >= 15 is 0 Å². The monoisotopic (exact) mass is 350 g/mol. The predicted octanol–water partition coefficient (Wildman–Crippen LogP) is 1.62. The summed E-state index contributed by atoms with van der Waals surface area (Å²) in [5, 5.41) is 4.67. The molecule has 4 heterocycles. The van der Waals surface area contributed by atoms with Gasteiger partial charge in [-0.2, -0.15) is 5.10 Å². The van der Waals surface area contributed by atoms with Crippen molar-refractivity contribution in [1.29, 1.82) is 0 Å². The maximum atomic E-state index is 6.22. The molecule has 1 unspecified atom stereocenters. The quantitative estimate of drug-likeness (QED) is 0.769. The van der Waals surface area contributed by atoms with E-state index in [9.17, 15) is 0 Å². The van der Waals surface area contributed by atoms with Crippen LogP contribution in [-0.2, 0) is 31.9 Å². The van der Waals surface area contributed by atoms with Gasteiger partial charge >= 0.3 is 7.12 Å². The van der Waals surface area contributed by atoms with Crippen molar-refractivity contribution in [2.45, 2.75) is 77.6 Å². The summed E-state index contributed by atoms with van der Waals surface area (Å²) in [6.45, 7) is 10.7. The third-order valence-corrected chi connectivity index (χ3v) is 5.59. The smallest absolute Gasteiger partial charge is 0.476 e. The number of fused-ring (bicyclic) bond motifs is 1. The fourth-order valence-electron chi connectivity index (χ4n) is 3.36. The highest BCUT2D eigenvalue weighted by Gasteiger charge is 2.54. The summed E-state index contributed by atoms with van der Waals surface area (Å²) < 4.78 is 31.7. The van der Waals surface area contributed by atoms with E-state index in [-0.39, 0.29) is 6.29 Å². The number of nitrogens with zero attached hydrogens (tertiary/aromatic N) is 2. The van der Waals surface area contributed by atoms with E-state index in [1.165, 1.54) is 0 Å². The third kappa shape index (κ3) is 3.09. The number of hydrogen-bond acceptors (Lipinski definition) is 6. The summed E-state index contributed by atoms with van der Waals surface area (Å²) in [6, 6.07) is 0. The van der Waals surface area contributed by atoms with Crippen LogP contribution in [0.1, 0.15) is 52.7 Å². The summed E-state index contributed by atoms with van der Waals surface area (Å²) in [4.78, 5) is 0. The van der Waals surface area contributed by atoms with Gasteiger partial charge in [0.15, 0.2) is 6.29 Å². The zero-order chi connectivity index (χ0) is 17.7. The SMILES string of the molecule is CC1(C)OB(c2c(COC3CCCCO3)nn3c2OCC3)OC1(C)C. The van der Waals surface area contributed by atoms with Gasteiger partial charge in [0.2, 0.25) is 5.88 Å². The van der Waals surface area contributed by atoms with Crippen molar-refractivity contribution >= 4 is 12.6 Å². The first-order valence-electron chi connectivity index (χ1n) is 9.19. The molecule has 2 fully saturated rings. The van der Waals surface area contributed by atoms with E-state index in [4.69, 9.17) is 23.5 Å². The highest BCUT2D eigenvalue weighted by atomic mass is 16.7. The number of ether oxygens (including phenoxy) is 3. The van der Waals surface area contributed by atoms with Crippen molar-refractivity contribution in [1.82, 2.24) is 9.78 Å². The van der Waals surface area contributed by atoms with E-state index < -0.39 is 18.3 Å². The lowest BCUT2D eigenvalue weighted by Gasteiger charge is -2.32. The molecule has 3 aliphatic rings. The Kier molecular flexibility index (Phi) is 4.34. The molecule has 8 heteroatoms. The van der Waals surface area contributed by atoms with Crippen LogP contribution in [0.25, 0.3) is 0 Å². The van der Waals surface area contributed by atoms with Crippen LogP contribution < -0.4 is 10.2 Å². The largest absolute Gasteiger partial charge is 0.502 e. The summed E-state index contributed by atoms with van der Waals surface area (Å²) in [7, 11) is -0.502. The summed E-state index contributed by atoms with van der Waals surface area (Å²) >= 11 is 0. The van der Waals surface area contributed by atoms with Crippen LogP contribution >= 0.6 is 0 Å². The normalized spacial score (nSPS) is 27.4. The van der Waals surface area contributed by atoms with Gasteiger partial charge in [-0.15, -0.1) is 0 Å². The van der Waals surface area contributed by atoms with Crippen molar-refractivity contribution in [2.24, 2.45) is 0 Å². The lowest BCUT2D eigenvalue weighted by molar-refractivity contribution is -0.169. The van der Waals surface area contributed by atoms with E-state index in [1.54, 1.807) is 0 Å². The van der Waals surface area contributed by atoms with Crippen LogP contribution in [0.4, 0.5) is 0 Å². The van der Waals surface area contributed by atoms with E-state index in [0.717, 1.165) is 49.5 Å². The molecule has 0 spiro atoms. The lowest BCUT2D eigenvalue weighted by Crippen LogP contribution is -2.41. The van der Waals surface area contributed by atoms with Crippen molar-refractivity contribution in [3.63, 3.8) is 0 Å². The minimum atomic E-state index is -0.502. The van der Waals surface area contributed by atoms with Gasteiger partial charge < -0.3 is 23.5 Å². The molecule has 1 aromatic rings. The highest BCUT2D eigenvalue weighted by molar-refractivity contribution is 6.63. The van der Waals surface area contributed by atoms with Crippen LogP contribution in [0, 0.1) is 0 Å². The van der Waals surface area contributed by atoms with E-state index in [2.05, 4.69) is 5.10 Å². The average molecular weight is 350 g/mol. The summed E-state index contributed by atoms with van der Waals surface area (Å²) in [6.07, 6.45) is 3.01. The Morgan fingerprint density at radius 1 is 1.16 bits per heavy atom. The average Bonchev–Trinajstić information content (AvgIpc) is 3.18. The molecule has 0 radical (unpaired) electrons. The second kappa shape index (κ2) is 6.26. The molecule has 4 rings (SSSR count). The van der Waals surface area contributed by atoms with Gasteiger partial charge in [-0.05, 0) is 47.0 Å².